The van der Waals surface area contributed by atoms with Crippen molar-refractivity contribution in [1.29, 1.82) is 0 Å². The van der Waals surface area contributed by atoms with Gasteiger partial charge in [0.15, 0.2) is 17.5 Å². The molecule has 0 amide bonds. The molecule has 2 N–H and O–H groups in total. The number of thiazole rings is 1. The molecule has 2 rings (SSSR count). The molecule has 26 heavy (non-hydrogen) atoms. The lowest BCUT2D eigenvalue weighted by Crippen LogP contribution is -2.38. The minimum atomic E-state index is 0.586. The van der Waals surface area contributed by atoms with Gasteiger partial charge in [0.2, 0.25) is 0 Å². The van der Waals surface area contributed by atoms with E-state index in [0.717, 1.165) is 54.1 Å². The molecule has 0 fully saturated rings. The van der Waals surface area contributed by atoms with Crippen molar-refractivity contribution in [2.24, 2.45) is 4.99 Å². The molecule has 2 aromatic rings. The van der Waals surface area contributed by atoms with Gasteiger partial charge in [-0.25, -0.2) is 9.98 Å². The van der Waals surface area contributed by atoms with Crippen molar-refractivity contribution in [1.82, 2.24) is 15.6 Å². The van der Waals surface area contributed by atoms with Crippen LogP contribution in [0.5, 0.6) is 11.5 Å². The Kier molecular flexibility index (Phi) is 8.21. The highest BCUT2D eigenvalue weighted by Crippen LogP contribution is 2.27. The lowest BCUT2D eigenvalue weighted by molar-refractivity contribution is 0.354. The summed E-state index contributed by atoms with van der Waals surface area (Å²) in [7, 11) is 3.29. The maximum Gasteiger partial charge on any atom is 0.191 e. The van der Waals surface area contributed by atoms with Gasteiger partial charge in [0, 0.05) is 18.5 Å². The zero-order valence-corrected chi connectivity index (χ0v) is 16.8. The van der Waals surface area contributed by atoms with Gasteiger partial charge in [0.25, 0.3) is 0 Å². The molecule has 0 unspecified atom stereocenters. The van der Waals surface area contributed by atoms with Gasteiger partial charge in [-0.3, -0.25) is 0 Å². The third-order valence-corrected chi connectivity index (χ3v) is 4.84. The Morgan fingerprint density at radius 1 is 1.15 bits per heavy atom. The van der Waals surface area contributed by atoms with E-state index in [1.807, 2.05) is 12.1 Å². The van der Waals surface area contributed by atoms with Gasteiger partial charge in [-0.2, -0.15) is 0 Å². The van der Waals surface area contributed by atoms with Crippen molar-refractivity contribution in [2.45, 2.75) is 33.2 Å². The van der Waals surface area contributed by atoms with Crippen LogP contribution in [0.3, 0.4) is 0 Å². The molecule has 6 nitrogen and oxygen atoms in total. The van der Waals surface area contributed by atoms with Crippen molar-refractivity contribution in [3.05, 3.63) is 39.8 Å². The van der Waals surface area contributed by atoms with Crippen LogP contribution in [-0.4, -0.2) is 38.3 Å². The van der Waals surface area contributed by atoms with Crippen LogP contribution in [0, 0.1) is 0 Å². The number of rotatable bonds is 9. The Morgan fingerprint density at radius 2 is 1.96 bits per heavy atom. The third-order valence-electron chi connectivity index (χ3n) is 3.80. The second-order valence-electron chi connectivity index (χ2n) is 5.65. The van der Waals surface area contributed by atoms with Crippen LogP contribution in [0.2, 0.25) is 0 Å². The Bertz CT molecular complexity index is 715. The Labute approximate surface area is 159 Å². The summed E-state index contributed by atoms with van der Waals surface area (Å²) in [5.74, 6) is 2.30. The minimum absolute atomic E-state index is 0.586. The summed E-state index contributed by atoms with van der Waals surface area (Å²) < 4.78 is 10.6. The van der Waals surface area contributed by atoms with Crippen LogP contribution < -0.4 is 20.1 Å². The second-order valence-corrected chi connectivity index (χ2v) is 6.59. The number of aryl methyl sites for hydroxylation is 1. The van der Waals surface area contributed by atoms with E-state index in [1.54, 1.807) is 25.6 Å². The summed E-state index contributed by atoms with van der Waals surface area (Å²) in [5.41, 5.74) is 2.20. The number of ether oxygens (including phenoxy) is 2. The fraction of sp³-hybridized carbons (Fsp3) is 0.474. The molecule has 1 aromatic carbocycles. The van der Waals surface area contributed by atoms with Crippen LogP contribution in [0.25, 0.3) is 0 Å². The number of nitrogens with one attached hydrogen (secondary N) is 2. The van der Waals surface area contributed by atoms with Gasteiger partial charge in [-0.1, -0.05) is 13.0 Å². The first-order valence-electron chi connectivity index (χ1n) is 8.86. The molecule has 0 atom stereocenters. The first-order chi connectivity index (χ1) is 12.7. The van der Waals surface area contributed by atoms with Crippen LogP contribution >= 0.6 is 11.3 Å². The summed E-state index contributed by atoms with van der Waals surface area (Å²) in [5, 5.41) is 9.87. The van der Waals surface area contributed by atoms with Crippen LogP contribution in [-0.2, 0) is 19.4 Å². The van der Waals surface area contributed by atoms with E-state index in [1.165, 1.54) is 5.56 Å². The number of nitrogens with zero attached hydrogens (tertiary/aromatic N) is 2. The predicted molar refractivity (Wildman–Crippen MR) is 108 cm³/mol. The number of aliphatic imine (C=N–C) groups is 1. The summed E-state index contributed by atoms with van der Waals surface area (Å²) >= 11 is 1.69. The summed E-state index contributed by atoms with van der Waals surface area (Å²) in [4.78, 5) is 9.17. The Morgan fingerprint density at radius 3 is 2.62 bits per heavy atom. The number of benzene rings is 1. The molecule has 1 aromatic heterocycles. The summed E-state index contributed by atoms with van der Waals surface area (Å²) in [6.07, 6.45) is 1.83. The Balaban J connectivity index is 1.90. The lowest BCUT2D eigenvalue weighted by Gasteiger charge is -2.12. The Hall–Kier alpha value is -2.28. The maximum atomic E-state index is 5.35. The molecule has 142 valence electrons. The highest BCUT2D eigenvalue weighted by atomic mass is 32.1. The topological polar surface area (TPSA) is 67.8 Å². The van der Waals surface area contributed by atoms with Crippen molar-refractivity contribution in [3.8, 4) is 11.5 Å². The van der Waals surface area contributed by atoms with E-state index in [2.05, 4.69) is 45.9 Å². The van der Waals surface area contributed by atoms with E-state index in [4.69, 9.17) is 9.47 Å². The second kappa shape index (κ2) is 10.7. The zero-order chi connectivity index (χ0) is 18.8. The van der Waals surface area contributed by atoms with Gasteiger partial charge in [0.05, 0.1) is 31.5 Å². The van der Waals surface area contributed by atoms with Crippen LogP contribution in [0.15, 0.2) is 28.6 Å². The van der Waals surface area contributed by atoms with E-state index in [0.29, 0.717) is 6.54 Å². The summed E-state index contributed by atoms with van der Waals surface area (Å²) in [6, 6.07) is 5.99. The molecule has 0 radical (unpaired) electrons. The first-order valence-corrected chi connectivity index (χ1v) is 9.74. The number of methoxy groups -OCH3 is 2. The smallest absolute Gasteiger partial charge is 0.191 e. The fourth-order valence-corrected chi connectivity index (χ4v) is 3.18. The zero-order valence-electron chi connectivity index (χ0n) is 16.0. The molecule has 0 spiro atoms. The third kappa shape index (κ3) is 5.91. The van der Waals surface area contributed by atoms with Gasteiger partial charge < -0.3 is 20.1 Å². The van der Waals surface area contributed by atoms with E-state index in [9.17, 15) is 0 Å². The van der Waals surface area contributed by atoms with Gasteiger partial charge in [0.1, 0.15) is 0 Å². The van der Waals surface area contributed by atoms with Crippen LogP contribution in [0.1, 0.15) is 30.1 Å². The highest BCUT2D eigenvalue weighted by molar-refractivity contribution is 7.09. The molecular weight excluding hydrogens is 348 g/mol. The predicted octanol–water partition coefficient (Wildman–Crippen LogP) is 3.02. The van der Waals surface area contributed by atoms with Crippen molar-refractivity contribution in [2.75, 3.05) is 27.3 Å². The number of aromatic nitrogens is 1. The summed E-state index contributed by atoms with van der Waals surface area (Å²) in [6.45, 7) is 6.36. The molecule has 0 aliphatic heterocycles. The molecule has 0 saturated carbocycles. The highest BCUT2D eigenvalue weighted by Gasteiger charge is 2.05. The standard InChI is InChI=1S/C19H28N4O2S/c1-5-18-23-15(13-26-18)12-22-19(20-6-2)21-10-9-14-7-8-16(24-3)17(11-14)25-4/h7-8,11,13H,5-6,9-10,12H2,1-4H3,(H2,20,21,22). The fourth-order valence-electron chi connectivity index (χ4n) is 2.45. The lowest BCUT2D eigenvalue weighted by atomic mass is 10.1. The van der Waals surface area contributed by atoms with Gasteiger partial charge in [-0.05, 0) is 37.5 Å². The largest absolute Gasteiger partial charge is 0.493 e. The molecule has 0 bridgehead atoms. The van der Waals surface area contributed by atoms with E-state index >= 15 is 0 Å². The quantitative estimate of drug-likeness (QED) is 0.520. The maximum absolute atomic E-state index is 5.35. The average Bonchev–Trinajstić information content (AvgIpc) is 3.14. The van der Waals surface area contributed by atoms with Crippen molar-refractivity contribution >= 4 is 17.3 Å². The van der Waals surface area contributed by atoms with Crippen molar-refractivity contribution in [3.63, 3.8) is 0 Å². The van der Waals surface area contributed by atoms with E-state index < -0.39 is 0 Å². The minimum Gasteiger partial charge on any atom is -0.493 e. The average molecular weight is 377 g/mol. The number of guanidine groups is 1. The molecule has 0 aliphatic carbocycles. The molecular formula is C19H28N4O2S. The van der Waals surface area contributed by atoms with Gasteiger partial charge in [-0.15, -0.1) is 11.3 Å². The van der Waals surface area contributed by atoms with E-state index in [-0.39, 0.29) is 0 Å². The normalized spacial score (nSPS) is 11.3. The van der Waals surface area contributed by atoms with Gasteiger partial charge >= 0.3 is 0 Å². The monoisotopic (exact) mass is 376 g/mol. The van der Waals surface area contributed by atoms with Crippen LogP contribution in [0.4, 0.5) is 0 Å². The first kappa shape index (κ1) is 20.0. The SMILES string of the molecule is CCNC(=NCc1csc(CC)n1)NCCc1ccc(OC)c(OC)c1. The van der Waals surface area contributed by atoms with Crippen molar-refractivity contribution < 1.29 is 9.47 Å². The molecule has 0 saturated heterocycles. The molecule has 1 heterocycles. The molecule has 0 aliphatic rings. The number of hydrogen-bond acceptors (Lipinski definition) is 5. The number of hydrogen-bond donors (Lipinski definition) is 2. The molecule has 7 heteroatoms.